The van der Waals surface area contributed by atoms with Gasteiger partial charge in [0, 0.05) is 12.1 Å². The maximum absolute atomic E-state index is 13.0. The maximum Gasteiger partial charge on any atom is 0.416 e. The van der Waals surface area contributed by atoms with Crippen molar-refractivity contribution >= 4 is 15.7 Å². The fraction of sp³-hybridized carbons (Fsp3) is 0.240. The molecular formula is C25H23F4NO4S. The molecule has 5 nitrogen and oxygen atoms in total. The van der Waals surface area contributed by atoms with Crippen LogP contribution >= 0.6 is 0 Å². The molecule has 0 bridgehead atoms. The summed E-state index contributed by atoms with van der Waals surface area (Å²) in [4.78, 5) is 12.0. The lowest BCUT2D eigenvalue weighted by atomic mass is 10.1. The van der Waals surface area contributed by atoms with Gasteiger partial charge in [-0.1, -0.05) is 6.07 Å². The highest BCUT2D eigenvalue weighted by atomic mass is 32.2. The number of rotatable bonds is 8. The van der Waals surface area contributed by atoms with Gasteiger partial charge in [0.15, 0.2) is 9.84 Å². The van der Waals surface area contributed by atoms with Gasteiger partial charge in [0.1, 0.15) is 17.3 Å². The van der Waals surface area contributed by atoms with Crippen molar-refractivity contribution in [1.29, 1.82) is 0 Å². The molecule has 0 unspecified atom stereocenters. The van der Waals surface area contributed by atoms with Gasteiger partial charge in [0.2, 0.25) is 0 Å². The molecule has 35 heavy (non-hydrogen) atoms. The second-order valence-corrected chi connectivity index (χ2v) is 11.0. The first-order chi connectivity index (χ1) is 16.3. The Morgan fingerprint density at radius 2 is 1.49 bits per heavy atom. The molecule has 0 aliphatic carbocycles. The Morgan fingerprint density at radius 3 is 2.06 bits per heavy atom. The van der Waals surface area contributed by atoms with E-state index in [2.05, 4.69) is 5.32 Å². The molecule has 3 aromatic carbocycles. The third kappa shape index (κ3) is 6.39. The summed E-state index contributed by atoms with van der Waals surface area (Å²) in [7, 11) is -4.11. The Hall–Kier alpha value is -3.40. The van der Waals surface area contributed by atoms with Gasteiger partial charge in [-0.25, -0.2) is 12.8 Å². The number of carbonyl (C=O) groups excluding carboxylic acids is 1. The number of hydrogen-bond donors (Lipinski definition) is 1. The molecule has 0 aromatic heterocycles. The number of alkyl halides is 3. The van der Waals surface area contributed by atoms with Gasteiger partial charge < -0.3 is 10.1 Å². The van der Waals surface area contributed by atoms with Crippen LogP contribution in [0.15, 0.2) is 77.7 Å². The summed E-state index contributed by atoms with van der Waals surface area (Å²) < 4.78 is 82.0. The summed E-state index contributed by atoms with van der Waals surface area (Å²) in [6.45, 7) is 2.78. The first kappa shape index (κ1) is 26.2. The Balaban J connectivity index is 1.60. The molecule has 3 aromatic rings. The average molecular weight is 510 g/mol. The molecular weight excluding hydrogens is 486 g/mol. The molecule has 0 saturated carbocycles. The van der Waals surface area contributed by atoms with Crippen LogP contribution in [0.1, 0.15) is 36.2 Å². The van der Waals surface area contributed by atoms with Crippen molar-refractivity contribution in [3.05, 3.63) is 89.7 Å². The van der Waals surface area contributed by atoms with Crippen LogP contribution < -0.4 is 10.1 Å². The standard InChI is InChI=1S/C25H23F4NO4S/c1-24(2,35(32,33)22-5-3-4-18(16-22)25(27,28)29)14-15-30-23(31)17-6-10-20(11-7-17)34-21-12-8-19(26)9-13-21/h3-13,16H,14-15H2,1-2H3,(H,30,31). The van der Waals surface area contributed by atoms with Gasteiger partial charge in [-0.3, -0.25) is 4.79 Å². The number of benzene rings is 3. The number of carbonyl (C=O) groups is 1. The van der Waals surface area contributed by atoms with E-state index < -0.39 is 42.9 Å². The van der Waals surface area contributed by atoms with E-state index >= 15 is 0 Å². The molecule has 0 heterocycles. The summed E-state index contributed by atoms with van der Waals surface area (Å²) in [5, 5.41) is 2.62. The SMILES string of the molecule is CC(C)(CCNC(=O)c1ccc(Oc2ccc(F)cc2)cc1)S(=O)(=O)c1cccc(C(F)(F)F)c1. The molecule has 0 aliphatic rings. The zero-order valence-electron chi connectivity index (χ0n) is 18.9. The minimum atomic E-state index is -4.66. The molecule has 10 heteroatoms. The van der Waals surface area contributed by atoms with Gasteiger partial charge in [-0.05, 0) is 87.0 Å². The Labute approximate surface area is 200 Å². The highest BCUT2D eigenvalue weighted by molar-refractivity contribution is 7.92. The van der Waals surface area contributed by atoms with Crippen LogP contribution in [-0.2, 0) is 16.0 Å². The van der Waals surface area contributed by atoms with Crippen LogP contribution in [0.5, 0.6) is 11.5 Å². The number of ether oxygens (including phenoxy) is 1. The van der Waals surface area contributed by atoms with Crippen molar-refractivity contribution in [2.75, 3.05) is 6.54 Å². The predicted octanol–water partition coefficient (Wildman–Crippen LogP) is 6.01. The van der Waals surface area contributed by atoms with Crippen molar-refractivity contribution in [1.82, 2.24) is 5.32 Å². The first-order valence-electron chi connectivity index (χ1n) is 10.5. The zero-order valence-corrected chi connectivity index (χ0v) is 19.7. The molecule has 0 spiro atoms. The van der Waals surface area contributed by atoms with Crippen LogP contribution in [-0.4, -0.2) is 25.6 Å². The molecule has 186 valence electrons. The predicted molar refractivity (Wildman–Crippen MR) is 123 cm³/mol. The van der Waals surface area contributed by atoms with Crippen molar-refractivity contribution in [3.8, 4) is 11.5 Å². The highest BCUT2D eigenvalue weighted by Crippen LogP contribution is 2.34. The topological polar surface area (TPSA) is 72.5 Å². The first-order valence-corrected chi connectivity index (χ1v) is 12.0. The number of amides is 1. The molecule has 1 N–H and O–H groups in total. The Morgan fingerprint density at radius 1 is 0.914 bits per heavy atom. The summed E-state index contributed by atoms with van der Waals surface area (Å²) in [5.74, 6) is 0.00931. The third-order valence-corrected chi connectivity index (χ3v) is 7.91. The van der Waals surface area contributed by atoms with E-state index in [4.69, 9.17) is 4.74 Å². The lowest BCUT2D eigenvalue weighted by molar-refractivity contribution is -0.137. The van der Waals surface area contributed by atoms with Crippen LogP contribution in [0, 0.1) is 5.82 Å². The molecule has 1 amide bonds. The quantitative estimate of drug-likeness (QED) is 0.378. The van der Waals surface area contributed by atoms with E-state index in [1.54, 1.807) is 12.1 Å². The Bertz CT molecular complexity index is 1290. The average Bonchev–Trinajstić information content (AvgIpc) is 2.80. The normalized spacial score (nSPS) is 12.3. The van der Waals surface area contributed by atoms with E-state index in [1.165, 1.54) is 50.2 Å². The minimum Gasteiger partial charge on any atom is -0.457 e. The second-order valence-electron chi connectivity index (χ2n) is 8.37. The van der Waals surface area contributed by atoms with Crippen LogP contribution in [0.2, 0.25) is 0 Å². The van der Waals surface area contributed by atoms with E-state index in [0.717, 1.165) is 18.2 Å². The number of halogens is 4. The van der Waals surface area contributed by atoms with Crippen molar-refractivity contribution < 1.29 is 35.5 Å². The van der Waals surface area contributed by atoms with Gasteiger partial charge in [0.05, 0.1) is 15.2 Å². The number of nitrogens with one attached hydrogen (secondary N) is 1. The third-order valence-electron chi connectivity index (χ3n) is 5.38. The van der Waals surface area contributed by atoms with Crippen LogP contribution in [0.4, 0.5) is 17.6 Å². The monoisotopic (exact) mass is 509 g/mol. The van der Waals surface area contributed by atoms with Crippen molar-refractivity contribution in [3.63, 3.8) is 0 Å². The molecule has 0 fully saturated rings. The van der Waals surface area contributed by atoms with Gasteiger partial charge >= 0.3 is 6.18 Å². The largest absolute Gasteiger partial charge is 0.457 e. The van der Waals surface area contributed by atoms with Crippen molar-refractivity contribution in [2.45, 2.75) is 36.1 Å². The van der Waals surface area contributed by atoms with E-state index in [1.807, 2.05) is 0 Å². The fourth-order valence-electron chi connectivity index (χ4n) is 3.19. The summed E-state index contributed by atoms with van der Waals surface area (Å²) in [6, 6.07) is 15.2. The summed E-state index contributed by atoms with van der Waals surface area (Å²) in [6.07, 6.45) is -4.69. The van der Waals surface area contributed by atoms with E-state index in [-0.39, 0.29) is 13.0 Å². The maximum atomic E-state index is 13.0. The minimum absolute atomic E-state index is 0.0160. The van der Waals surface area contributed by atoms with E-state index in [9.17, 15) is 30.8 Å². The lowest BCUT2D eigenvalue weighted by Gasteiger charge is -2.25. The lowest BCUT2D eigenvalue weighted by Crippen LogP contribution is -2.37. The Kier molecular flexibility index (Phi) is 7.54. The highest BCUT2D eigenvalue weighted by Gasteiger charge is 2.37. The van der Waals surface area contributed by atoms with Crippen LogP contribution in [0.3, 0.4) is 0 Å². The van der Waals surface area contributed by atoms with Crippen LogP contribution in [0.25, 0.3) is 0 Å². The van der Waals surface area contributed by atoms with Gasteiger partial charge in [-0.15, -0.1) is 0 Å². The smallest absolute Gasteiger partial charge is 0.416 e. The second kappa shape index (κ2) is 10.1. The molecule has 0 aliphatic heterocycles. The molecule has 0 radical (unpaired) electrons. The van der Waals surface area contributed by atoms with Crippen molar-refractivity contribution in [2.24, 2.45) is 0 Å². The van der Waals surface area contributed by atoms with Gasteiger partial charge in [-0.2, -0.15) is 13.2 Å². The summed E-state index contributed by atoms with van der Waals surface area (Å²) in [5.41, 5.74) is -0.746. The zero-order chi connectivity index (χ0) is 25.9. The van der Waals surface area contributed by atoms with E-state index in [0.29, 0.717) is 23.1 Å². The molecule has 0 saturated heterocycles. The number of hydrogen-bond acceptors (Lipinski definition) is 4. The molecule has 0 atom stereocenters. The van der Waals surface area contributed by atoms with Gasteiger partial charge in [0.25, 0.3) is 5.91 Å². The molecule has 3 rings (SSSR count). The fourth-order valence-corrected chi connectivity index (χ4v) is 4.73. The number of sulfone groups is 1. The summed E-state index contributed by atoms with van der Waals surface area (Å²) >= 11 is 0.